The van der Waals surface area contributed by atoms with E-state index in [1.54, 1.807) is 4.90 Å². The second kappa shape index (κ2) is 8.18. The number of hydrogen-bond donors (Lipinski definition) is 0. The van der Waals surface area contributed by atoms with Gasteiger partial charge in [-0.15, -0.1) is 0 Å². The second-order valence-corrected chi connectivity index (χ2v) is 5.49. The Labute approximate surface area is 135 Å². The van der Waals surface area contributed by atoms with Crippen molar-refractivity contribution in [3.05, 3.63) is 35.9 Å². The smallest absolute Gasteiger partial charge is 0.410 e. The number of carbonyl (C=O) groups excluding carboxylic acids is 2. The molecule has 1 aliphatic heterocycles. The Balaban J connectivity index is 1.80. The number of hydrogen-bond acceptors (Lipinski definition) is 5. The van der Waals surface area contributed by atoms with Crippen LogP contribution >= 0.6 is 0 Å². The number of amides is 1. The molecule has 0 bridgehead atoms. The Kier molecular flexibility index (Phi) is 5.98. The summed E-state index contributed by atoms with van der Waals surface area (Å²) in [5.74, 6) is -1.34. The van der Waals surface area contributed by atoms with Gasteiger partial charge in [-0.2, -0.15) is 5.26 Å². The van der Waals surface area contributed by atoms with Crippen molar-refractivity contribution < 1.29 is 19.1 Å². The lowest BCUT2D eigenvalue weighted by Gasteiger charge is -2.32. The molecule has 0 spiro atoms. The van der Waals surface area contributed by atoms with Crippen LogP contribution in [0.5, 0.6) is 0 Å². The largest absolute Gasteiger partial charge is 0.468 e. The Bertz CT molecular complexity index is 574. The van der Waals surface area contributed by atoms with Crippen LogP contribution in [-0.2, 0) is 20.9 Å². The molecule has 1 aromatic carbocycles. The zero-order valence-corrected chi connectivity index (χ0v) is 13.1. The summed E-state index contributed by atoms with van der Waals surface area (Å²) in [6.07, 6.45) is 0.820. The molecule has 1 aromatic rings. The number of methoxy groups -OCH3 is 1. The second-order valence-electron chi connectivity index (χ2n) is 5.49. The maximum absolute atomic E-state index is 12.1. The summed E-state index contributed by atoms with van der Waals surface area (Å²) >= 11 is 0. The Morgan fingerprint density at radius 3 is 2.52 bits per heavy atom. The van der Waals surface area contributed by atoms with Gasteiger partial charge in [-0.05, 0) is 24.3 Å². The molecule has 1 fully saturated rings. The molecule has 1 saturated heterocycles. The van der Waals surface area contributed by atoms with E-state index in [0.29, 0.717) is 25.9 Å². The van der Waals surface area contributed by atoms with E-state index >= 15 is 0 Å². The first kappa shape index (κ1) is 16.8. The molecule has 1 atom stereocenters. The molecule has 6 heteroatoms. The summed E-state index contributed by atoms with van der Waals surface area (Å²) < 4.78 is 9.94. The summed E-state index contributed by atoms with van der Waals surface area (Å²) in [6, 6.07) is 11.5. The maximum Gasteiger partial charge on any atom is 0.410 e. The molecule has 1 amide bonds. The normalized spacial score (nSPS) is 16.3. The number of nitrogens with zero attached hydrogens (tertiary/aromatic N) is 2. The molecule has 0 aromatic heterocycles. The van der Waals surface area contributed by atoms with E-state index in [4.69, 9.17) is 10.00 Å². The SMILES string of the molecule is COC(=O)C(C#N)C1CCN(C(=O)OCc2ccccc2)CC1. The summed E-state index contributed by atoms with van der Waals surface area (Å²) in [4.78, 5) is 25.2. The Morgan fingerprint density at radius 1 is 1.30 bits per heavy atom. The zero-order valence-electron chi connectivity index (χ0n) is 13.1. The van der Waals surface area contributed by atoms with Gasteiger partial charge in [-0.1, -0.05) is 30.3 Å². The lowest BCUT2D eigenvalue weighted by Crippen LogP contribution is -2.41. The number of benzene rings is 1. The van der Waals surface area contributed by atoms with Crippen molar-refractivity contribution in [1.29, 1.82) is 5.26 Å². The minimum absolute atomic E-state index is 0.0781. The number of piperidine rings is 1. The number of carbonyl (C=O) groups is 2. The predicted molar refractivity (Wildman–Crippen MR) is 82.0 cm³/mol. The van der Waals surface area contributed by atoms with Crippen molar-refractivity contribution in [1.82, 2.24) is 4.90 Å². The van der Waals surface area contributed by atoms with Gasteiger partial charge in [0, 0.05) is 13.1 Å². The van der Waals surface area contributed by atoms with Gasteiger partial charge in [-0.3, -0.25) is 4.79 Å². The van der Waals surface area contributed by atoms with E-state index in [-0.39, 0.29) is 18.6 Å². The van der Waals surface area contributed by atoms with E-state index in [2.05, 4.69) is 4.74 Å². The van der Waals surface area contributed by atoms with E-state index in [1.165, 1.54) is 7.11 Å². The van der Waals surface area contributed by atoms with Gasteiger partial charge in [0.2, 0.25) is 0 Å². The molecule has 0 aliphatic carbocycles. The van der Waals surface area contributed by atoms with Crippen LogP contribution < -0.4 is 0 Å². The van der Waals surface area contributed by atoms with Crippen LogP contribution in [-0.4, -0.2) is 37.2 Å². The van der Waals surface area contributed by atoms with Crippen molar-refractivity contribution in [2.24, 2.45) is 11.8 Å². The van der Waals surface area contributed by atoms with E-state index in [9.17, 15) is 9.59 Å². The Hall–Kier alpha value is -2.55. The maximum atomic E-state index is 12.1. The molecule has 6 nitrogen and oxygen atoms in total. The summed E-state index contributed by atoms with van der Waals surface area (Å²) in [5, 5.41) is 9.11. The molecule has 1 heterocycles. The summed E-state index contributed by atoms with van der Waals surface area (Å²) in [5.41, 5.74) is 0.936. The van der Waals surface area contributed by atoms with Gasteiger partial charge in [-0.25, -0.2) is 4.79 Å². The van der Waals surface area contributed by atoms with E-state index < -0.39 is 11.9 Å². The molecule has 2 rings (SSSR count). The van der Waals surface area contributed by atoms with Crippen molar-refractivity contribution in [3.63, 3.8) is 0 Å². The van der Waals surface area contributed by atoms with Gasteiger partial charge in [0.1, 0.15) is 12.5 Å². The number of likely N-dealkylation sites (tertiary alicyclic amines) is 1. The van der Waals surface area contributed by atoms with Gasteiger partial charge in [0.05, 0.1) is 13.2 Å². The Morgan fingerprint density at radius 2 is 1.96 bits per heavy atom. The first-order chi connectivity index (χ1) is 11.2. The van der Waals surface area contributed by atoms with Crippen molar-refractivity contribution in [3.8, 4) is 6.07 Å². The monoisotopic (exact) mass is 316 g/mol. The highest BCUT2D eigenvalue weighted by atomic mass is 16.6. The number of esters is 1. The highest BCUT2D eigenvalue weighted by Crippen LogP contribution is 2.26. The molecule has 0 saturated carbocycles. The first-order valence-electron chi connectivity index (χ1n) is 7.58. The number of rotatable bonds is 4. The fraction of sp³-hybridized carbons (Fsp3) is 0.471. The topological polar surface area (TPSA) is 79.6 Å². The van der Waals surface area contributed by atoms with Crippen molar-refractivity contribution in [2.75, 3.05) is 20.2 Å². The lowest BCUT2D eigenvalue weighted by molar-refractivity contribution is -0.145. The van der Waals surface area contributed by atoms with Crippen molar-refractivity contribution >= 4 is 12.1 Å². The van der Waals surface area contributed by atoms with Crippen LogP contribution in [0, 0.1) is 23.2 Å². The minimum Gasteiger partial charge on any atom is -0.468 e. The number of nitriles is 1. The predicted octanol–water partition coefficient (Wildman–Crippen LogP) is 2.35. The van der Waals surface area contributed by atoms with Gasteiger partial charge in [0.15, 0.2) is 0 Å². The molecule has 1 aliphatic rings. The average molecular weight is 316 g/mol. The van der Waals surface area contributed by atoms with Gasteiger partial charge in [0.25, 0.3) is 0 Å². The average Bonchev–Trinajstić information content (AvgIpc) is 2.61. The fourth-order valence-electron chi connectivity index (χ4n) is 2.70. The van der Waals surface area contributed by atoms with Crippen LogP contribution in [0.15, 0.2) is 30.3 Å². The quantitative estimate of drug-likeness (QED) is 0.797. The van der Waals surface area contributed by atoms with Crippen LogP contribution in [0.1, 0.15) is 18.4 Å². The van der Waals surface area contributed by atoms with Gasteiger partial charge >= 0.3 is 12.1 Å². The molecular formula is C17H20N2O4. The zero-order chi connectivity index (χ0) is 16.7. The lowest BCUT2D eigenvalue weighted by atomic mass is 9.85. The molecule has 0 radical (unpaired) electrons. The number of ether oxygens (including phenoxy) is 2. The third kappa shape index (κ3) is 4.46. The minimum atomic E-state index is -0.762. The molecular weight excluding hydrogens is 296 g/mol. The highest BCUT2D eigenvalue weighted by Gasteiger charge is 2.33. The third-order valence-corrected chi connectivity index (χ3v) is 4.07. The first-order valence-corrected chi connectivity index (χ1v) is 7.58. The molecule has 1 unspecified atom stereocenters. The molecule has 122 valence electrons. The van der Waals surface area contributed by atoms with Crippen molar-refractivity contribution in [2.45, 2.75) is 19.4 Å². The van der Waals surface area contributed by atoms with Crippen LogP contribution in [0.4, 0.5) is 4.79 Å². The van der Waals surface area contributed by atoms with E-state index in [1.807, 2.05) is 36.4 Å². The standard InChI is InChI=1S/C17H20N2O4/c1-22-16(20)15(11-18)14-7-9-19(10-8-14)17(21)23-12-13-5-3-2-4-6-13/h2-6,14-15H,7-10,12H2,1H3. The molecule has 23 heavy (non-hydrogen) atoms. The van der Waals surface area contributed by atoms with E-state index in [0.717, 1.165) is 5.56 Å². The fourth-order valence-corrected chi connectivity index (χ4v) is 2.70. The summed E-state index contributed by atoms with van der Waals surface area (Å²) in [6.45, 7) is 1.20. The molecule has 0 N–H and O–H groups in total. The van der Waals surface area contributed by atoms with Crippen LogP contribution in [0.3, 0.4) is 0 Å². The highest BCUT2D eigenvalue weighted by molar-refractivity contribution is 5.75. The van der Waals surface area contributed by atoms with Crippen LogP contribution in [0.2, 0.25) is 0 Å². The van der Waals surface area contributed by atoms with Gasteiger partial charge < -0.3 is 14.4 Å². The third-order valence-electron chi connectivity index (χ3n) is 4.07. The summed E-state index contributed by atoms with van der Waals surface area (Å²) in [7, 11) is 1.28. The van der Waals surface area contributed by atoms with Crippen LogP contribution in [0.25, 0.3) is 0 Å².